The fourth-order valence-corrected chi connectivity index (χ4v) is 3.14. The molecule has 0 aliphatic heterocycles. The fourth-order valence-electron chi connectivity index (χ4n) is 2.75. The van der Waals surface area contributed by atoms with Gasteiger partial charge < -0.3 is 10.0 Å². The summed E-state index contributed by atoms with van der Waals surface area (Å²) in [6.45, 7) is 4.21. The monoisotopic (exact) mass is 303 g/mol. The predicted molar refractivity (Wildman–Crippen MR) is 83.2 cm³/mol. The highest BCUT2D eigenvalue weighted by Gasteiger charge is 2.36. The molecule has 0 radical (unpaired) electrons. The Bertz CT molecular complexity index is 417. The van der Waals surface area contributed by atoms with E-state index >= 15 is 0 Å². The standard InChI is InChI=1S/C15H23Cl2NO/c1-5-15(6-2,18(3)4)14(19)10-11-9-12(16)7-8-13(11)17/h7-9,14,19H,5-6,10H2,1-4H3. The first-order chi connectivity index (χ1) is 8.87. The first kappa shape index (κ1) is 16.8. The van der Waals surface area contributed by atoms with Gasteiger partial charge in [-0.25, -0.2) is 0 Å². The second-order valence-electron chi connectivity index (χ2n) is 5.16. The highest BCUT2D eigenvalue weighted by Crippen LogP contribution is 2.30. The number of aliphatic hydroxyl groups excluding tert-OH is 1. The molecule has 1 aromatic carbocycles. The molecule has 0 fully saturated rings. The molecule has 0 aliphatic rings. The maximum atomic E-state index is 10.7. The van der Waals surface area contributed by atoms with Crippen molar-refractivity contribution in [3.05, 3.63) is 33.8 Å². The molecule has 1 aromatic rings. The van der Waals surface area contributed by atoms with Crippen LogP contribution in [-0.4, -0.2) is 35.7 Å². The average Bonchev–Trinajstić information content (AvgIpc) is 2.35. The number of aliphatic hydroxyl groups is 1. The van der Waals surface area contributed by atoms with Crippen molar-refractivity contribution in [2.24, 2.45) is 0 Å². The van der Waals surface area contributed by atoms with E-state index in [-0.39, 0.29) is 5.54 Å². The van der Waals surface area contributed by atoms with E-state index in [2.05, 4.69) is 18.7 Å². The van der Waals surface area contributed by atoms with Crippen LogP contribution in [0.1, 0.15) is 32.3 Å². The summed E-state index contributed by atoms with van der Waals surface area (Å²) in [4.78, 5) is 2.11. The van der Waals surface area contributed by atoms with Crippen LogP contribution in [0.3, 0.4) is 0 Å². The van der Waals surface area contributed by atoms with Gasteiger partial charge in [0.25, 0.3) is 0 Å². The van der Waals surface area contributed by atoms with Crippen LogP contribution in [0.25, 0.3) is 0 Å². The van der Waals surface area contributed by atoms with Gasteiger partial charge in [-0.2, -0.15) is 0 Å². The number of hydrogen-bond donors (Lipinski definition) is 1. The minimum atomic E-state index is -0.478. The van der Waals surface area contributed by atoms with Crippen LogP contribution >= 0.6 is 23.2 Å². The first-order valence-corrected chi connectivity index (χ1v) is 7.42. The lowest BCUT2D eigenvalue weighted by Gasteiger charge is -2.42. The van der Waals surface area contributed by atoms with Crippen LogP contribution in [0.4, 0.5) is 0 Å². The molecule has 1 rings (SSSR count). The van der Waals surface area contributed by atoms with Crippen molar-refractivity contribution in [3.8, 4) is 0 Å². The van der Waals surface area contributed by atoms with Gasteiger partial charge in [0, 0.05) is 22.0 Å². The summed E-state index contributed by atoms with van der Waals surface area (Å²) >= 11 is 12.2. The Kier molecular flexibility index (Phi) is 6.13. The summed E-state index contributed by atoms with van der Waals surface area (Å²) in [6, 6.07) is 5.37. The van der Waals surface area contributed by atoms with Gasteiger partial charge in [-0.3, -0.25) is 0 Å². The van der Waals surface area contributed by atoms with Crippen molar-refractivity contribution in [1.82, 2.24) is 4.90 Å². The lowest BCUT2D eigenvalue weighted by molar-refractivity contribution is -0.0125. The topological polar surface area (TPSA) is 23.5 Å². The Morgan fingerprint density at radius 2 is 1.79 bits per heavy atom. The van der Waals surface area contributed by atoms with E-state index in [0.29, 0.717) is 16.5 Å². The maximum Gasteiger partial charge on any atom is 0.0764 e. The Labute approximate surface area is 126 Å². The quantitative estimate of drug-likeness (QED) is 0.858. The maximum absolute atomic E-state index is 10.7. The summed E-state index contributed by atoms with van der Waals surface area (Å²) in [5.41, 5.74) is 0.667. The van der Waals surface area contributed by atoms with Crippen molar-refractivity contribution in [2.45, 2.75) is 44.8 Å². The summed E-state index contributed by atoms with van der Waals surface area (Å²) < 4.78 is 0. The van der Waals surface area contributed by atoms with E-state index < -0.39 is 6.10 Å². The Morgan fingerprint density at radius 3 is 2.26 bits per heavy atom. The third-order valence-corrected chi connectivity index (χ3v) is 4.76. The number of likely N-dealkylation sites (N-methyl/N-ethyl adjacent to an activating group) is 1. The molecule has 0 saturated carbocycles. The Hall–Kier alpha value is -0.280. The van der Waals surface area contributed by atoms with Gasteiger partial charge in [0.1, 0.15) is 0 Å². The molecule has 0 spiro atoms. The smallest absolute Gasteiger partial charge is 0.0764 e. The minimum Gasteiger partial charge on any atom is -0.391 e. The van der Waals surface area contributed by atoms with Crippen molar-refractivity contribution >= 4 is 23.2 Å². The summed E-state index contributed by atoms with van der Waals surface area (Å²) in [6.07, 6.45) is 1.80. The SMILES string of the molecule is CCC(CC)(C(O)Cc1cc(Cl)ccc1Cl)N(C)C. The van der Waals surface area contributed by atoms with Crippen LogP contribution in [-0.2, 0) is 6.42 Å². The fraction of sp³-hybridized carbons (Fsp3) is 0.600. The zero-order chi connectivity index (χ0) is 14.6. The van der Waals surface area contributed by atoms with E-state index in [1.165, 1.54) is 0 Å². The minimum absolute atomic E-state index is 0.231. The highest BCUT2D eigenvalue weighted by molar-refractivity contribution is 6.33. The van der Waals surface area contributed by atoms with Crippen molar-refractivity contribution < 1.29 is 5.11 Å². The third-order valence-electron chi connectivity index (χ3n) is 4.16. The number of rotatable bonds is 6. The second kappa shape index (κ2) is 6.94. The molecule has 0 aliphatic carbocycles. The molecule has 0 aromatic heterocycles. The van der Waals surface area contributed by atoms with E-state index in [9.17, 15) is 5.11 Å². The second-order valence-corrected chi connectivity index (χ2v) is 6.00. The van der Waals surface area contributed by atoms with Gasteiger partial charge in [0.05, 0.1) is 6.10 Å². The van der Waals surface area contributed by atoms with E-state index in [4.69, 9.17) is 23.2 Å². The molecule has 1 unspecified atom stereocenters. The van der Waals surface area contributed by atoms with Gasteiger partial charge >= 0.3 is 0 Å². The van der Waals surface area contributed by atoms with Gasteiger partial charge in [0.2, 0.25) is 0 Å². The van der Waals surface area contributed by atoms with E-state index in [1.807, 2.05) is 20.2 Å². The molecule has 0 saturated heterocycles. The molecule has 0 bridgehead atoms. The number of benzene rings is 1. The molecule has 0 amide bonds. The molecule has 4 heteroatoms. The van der Waals surface area contributed by atoms with Gasteiger partial charge in [-0.1, -0.05) is 37.0 Å². The number of halogens is 2. The van der Waals surface area contributed by atoms with Crippen LogP contribution in [0.2, 0.25) is 10.0 Å². The van der Waals surface area contributed by atoms with Gasteiger partial charge in [-0.15, -0.1) is 0 Å². The Balaban J connectivity index is 2.99. The van der Waals surface area contributed by atoms with Crippen molar-refractivity contribution in [1.29, 1.82) is 0 Å². The largest absolute Gasteiger partial charge is 0.391 e. The van der Waals surface area contributed by atoms with Crippen molar-refractivity contribution in [2.75, 3.05) is 14.1 Å². The van der Waals surface area contributed by atoms with Crippen LogP contribution in [0.15, 0.2) is 18.2 Å². The van der Waals surface area contributed by atoms with Gasteiger partial charge in [-0.05, 0) is 50.7 Å². The lowest BCUT2D eigenvalue weighted by atomic mass is 9.82. The normalized spacial score (nSPS) is 13.9. The zero-order valence-electron chi connectivity index (χ0n) is 12.1. The lowest BCUT2D eigenvalue weighted by Crippen LogP contribution is -2.53. The van der Waals surface area contributed by atoms with Crippen molar-refractivity contribution in [3.63, 3.8) is 0 Å². The molecule has 1 atom stereocenters. The Morgan fingerprint density at radius 1 is 1.21 bits per heavy atom. The highest BCUT2D eigenvalue weighted by atomic mass is 35.5. The zero-order valence-corrected chi connectivity index (χ0v) is 13.6. The molecular formula is C15H23Cl2NO. The molecule has 0 heterocycles. The number of hydrogen-bond acceptors (Lipinski definition) is 2. The molecule has 108 valence electrons. The summed E-state index contributed by atoms with van der Waals surface area (Å²) in [5, 5.41) is 12.0. The summed E-state index contributed by atoms with van der Waals surface area (Å²) in [5.74, 6) is 0. The third kappa shape index (κ3) is 3.63. The predicted octanol–water partition coefficient (Wildman–Crippen LogP) is 4.02. The first-order valence-electron chi connectivity index (χ1n) is 6.66. The molecular weight excluding hydrogens is 281 g/mol. The van der Waals surface area contributed by atoms with Gasteiger partial charge in [0.15, 0.2) is 0 Å². The molecule has 2 nitrogen and oxygen atoms in total. The molecule has 1 N–H and O–H groups in total. The average molecular weight is 304 g/mol. The number of nitrogens with zero attached hydrogens (tertiary/aromatic N) is 1. The van der Waals surface area contributed by atoms with Crippen LogP contribution in [0.5, 0.6) is 0 Å². The molecule has 19 heavy (non-hydrogen) atoms. The summed E-state index contributed by atoms with van der Waals surface area (Å²) in [7, 11) is 4.02. The van der Waals surface area contributed by atoms with E-state index in [1.54, 1.807) is 12.1 Å². The van der Waals surface area contributed by atoms with Crippen LogP contribution < -0.4 is 0 Å². The van der Waals surface area contributed by atoms with E-state index in [0.717, 1.165) is 18.4 Å². The van der Waals surface area contributed by atoms with Crippen LogP contribution in [0, 0.1) is 0 Å².